The van der Waals surface area contributed by atoms with Crippen molar-refractivity contribution in [2.75, 3.05) is 20.1 Å². The molecule has 4 heteroatoms. The van der Waals surface area contributed by atoms with E-state index >= 15 is 0 Å². The quantitative estimate of drug-likeness (QED) is 0.314. The molecule has 0 aromatic rings. The number of aliphatic hydroxyl groups excluding tert-OH is 2. The molecule has 0 bridgehead atoms. The zero-order valence-electron chi connectivity index (χ0n) is 18.7. The second-order valence-electron chi connectivity index (χ2n) is 11.9. The van der Waals surface area contributed by atoms with Gasteiger partial charge in [0.25, 0.3) is 0 Å². The van der Waals surface area contributed by atoms with Crippen LogP contribution in [0.1, 0.15) is 78.1 Å². The summed E-state index contributed by atoms with van der Waals surface area (Å²) in [6.07, 6.45) is 14.2. The Hall–Kier alpha value is 0.350. The second kappa shape index (κ2) is 7.74. The Morgan fingerprint density at radius 3 is 2.45 bits per heavy atom. The van der Waals surface area contributed by atoms with E-state index in [1.165, 1.54) is 58.0 Å². The number of hydrogen-bond acceptors (Lipinski definition) is 2. The van der Waals surface area contributed by atoms with Crippen LogP contribution in [0.4, 0.5) is 0 Å². The maximum Gasteiger partial charge on any atom is 0.116 e. The van der Waals surface area contributed by atoms with E-state index in [4.69, 9.17) is 0 Å². The smallest absolute Gasteiger partial charge is 0.116 e. The van der Waals surface area contributed by atoms with Crippen molar-refractivity contribution < 1.29 is 38.7 Å². The summed E-state index contributed by atoms with van der Waals surface area (Å²) >= 11 is 0. The fourth-order valence-electron chi connectivity index (χ4n) is 8.79. The van der Waals surface area contributed by atoms with Crippen molar-refractivity contribution in [3.8, 4) is 0 Å². The molecule has 2 N–H and O–H groups in total. The van der Waals surface area contributed by atoms with Gasteiger partial charge in [0.1, 0.15) is 12.1 Å². The van der Waals surface area contributed by atoms with E-state index in [1.807, 2.05) is 0 Å². The SMILES string of the molecule is C[C@]12CC[C@H]3[C@@H](CC=C4C[C@@H](O)CC[C@@]43C)[C@@H]1C[C@H]([N+]1(C)CCCCC1)[C@@H]2O.[I-]. The molecular weight excluding hydrogens is 473 g/mol. The van der Waals surface area contributed by atoms with Crippen LogP contribution in [0.15, 0.2) is 11.6 Å². The molecule has 5 aliphatic rings. The molecule has 5 rings (SSSR count). The van der Waals surface area contributed by atoms with Gasteiger partial charge in [-0.05, 0) is 81.0 Å². The van der Waals surface area contributed by atoms with Crippen LogP contribution in [0.2, 0.25) is 0 Å². The lowest BCUT2D eigenvalue weighted by molar-refractivity contribution is -0.940. The van der Waals surface area contributed by atoms with Crippen LogP contribution in [-0.4, -0.2) is 53.1 Å². The molecule has 1 aliphatic heterocycles. The van der Waals surface area contributed by atoms with E-state index in [0.29, 0.717) is 17.4 Å². The maximum absolute atomic E-state index is 11.6. The van der Waals surface area contributed by atoms with Crippen molar-refractivity contribution in [1.82, 2.24) is 0 Å². The second-order valence-corrected chi connectivity index (χ2v) is 11.9. The lowest BCUT2D eigenvalue weighted by Crippen LogP contribution is -3.00. The van der Waals surface area contributed by atoms with E-state index < -0.39 is 0 Å². The molecule has 3 saturated carbocycles. The molecular formula is C25H42INO2. The lowest BCUT2D eigenvalue weighted by atomic mass is 9.48. The monoisotopic (exact) mass is 515 g/mol. The van der Waals surface area contributed by atoms with E-state index in [1.54, 1.807) is 5.57 Å². The first-order valence-corrected chi connectivity index (χ1v) is 12.2. The predicted octanol–water partition coefficient (Wildman–Crippen LogP) is 1.28. The number of likely N-dealkylation sites (tertiary alicyclic amines) is 1. The molecule has 0 aromatic carbocycles. The number of allylic oxidation sites excluding steroid dienone is 1. The third-order valence-electron chi connectivity index (χ3n) is 10.7. The molecule has 4 fully saturated rings. The Morgan fingerprint density at radius 2 is 1.72 bits per heavy atom. The summed E-state index contributed by atoms with van der Waals surface area (Å²) in [6, 6.07) is 0.445. The zero-order chi connectivity index (χ0) is 19.7. The topological polar surface area (TPSA) is 40.5 Å². The lowest BCUT2D eigenvalue weighted by Gasteiger charge is -2.57. The van der Waals surface area contributed by atoms with Gasteiger partial charge in [-0.15, -0.1) is 0 Å². The summed E-state index contributed by atoms with van der Waals surface area (Å²) in [6.45, 7) is 7.46. The highest BCUT2D eigenvalue weighted by Crippen LogP contribution is 2.65. The maximum atomic E-state index is 11.6. The molecule has 0 amide bonds. The minimum atomic E-state index is -0.132. The van der Waals surface area contributed by atoms with Crippen molar-refractivity contribution in [3.05, 3.63) is 11.6 Å². The van der Waals surface area contributed by atoms with Crippen molar-refractivity contribution in [1.29, 1.82) is 0 Å². The average Bonchev–Trinajstić information content (AvgIpc) is 2.95. The van der Waals surface area contributed by atoms with Crippen molar-refractivity contribution in [3.63, 3.8) is 0 Å². The minimum absolute atomic E-state index is 0. The molecule has 3 nitrogen and oxygen atoms in total. The number of quaternary nitrogens is 1. The van der Waals surface area contributed by atoms with Crippen molar-refractivity contribution in [2.45, 2.75) is 96.3 Å². The normalized spacial score (nSPS) is 51.1. The van der Waals surface area contributed by atoms with Crippen LogP contribution in [0.5, 0.6) is 0 Å². The van der Waals surface area contributed by atoms with E-state index in [9.17, 15) is 10.2 Å². The number of likely N-dealkylation sites (N-methyl/N-ethyl adjacent to an activating group) is 1. The molecule has 4 aliphatic carbocycles. The van der Waals surface area contributed by atoms with Gasteiger partial charge >= 0.3 is 0 Å². The first-order valence-electron chi connectivity index (χ1n) is 12.2. The van der Waals surface area contributed by atoms with Crippen LogP contribution >= 0.6 is 0 Å². The van der Waals surface area contributed by atoms with Gasteiger partial charge in [-0.25, -0.2) is 0 Å². The number of aliphatic hydroxyl groups is 2. The third-order valence-corrected chi connectivity index (χ3v) is 10.7. The molecule has 1 saturated heterocycles. The van der Waals surface area contributed by atoms with Gasteiger partial charge < -0.3 is 38.7 Å². The summed E-state index contributed by atoms with van der Waals surface area (Å²) in [4.78, 5) is 0. The van der Waals surface area contributed by atoms with Crippen molar-refractivity contribution in [2.24, 2.45) is 28.6 Å². The number of rotatable bonds is 1. The standard InChI is InChI=1S/C25H42NO2.HI/c1-24-11-9-18(27)15-17(24)7-8-19-20(24)10-12-25(2)21(19)16-22(23(25)28)26(3)13-5-4-6-14-26;/h7,18-23,27-28H,4-6,8-16H2,1-3H3;1H/q+1;/p-1/t18-,19+,20-,21-,22-,23-,24-,25-;/m0./s1. The Labute approximate surface area is 194 Å². The van der Waals surface area contributed by atoms with Gasteiger partial charge in [0, 0.05) is 11.8 Å². The molecule has 29 heavy (non-hydrogen) atoms. The van der Waals surface area contributed by atoms with Gasteiger partial charge in [0.2, 0.25) is 0 Å². The minimum Gasteiger partial charge on any atom is -1.00 e. The fourth-order valence-corrected chi connectivity index (χ4v) is 8.79. The van der Waals surface area contributed by atoms with Crippen LogP contribution in [-0.2, 0) is 0 Å². The summed E-state index contributed by atoms with van der Waals surface area (Å²) in [7, 11) is 2.44. The number of fused-ring (bicyclic) bond motifs is 5. The summed E-state index contributed by atoms with van der Waals surface area (Å²) in [5, 5.41) is 21.8. The van der Waals surface area contributed by atoms with Crippen molar-refractivity contribution >= 4 is 0 Å². The number of hydrogen-bond donors (Lipinski definition) is 2. The van der Waals surface area contributed by atoms with Gasteiger partial charge in [-0.3, -0.25) is 0 Å². The Bertz CT molecular complexity index is 659. The van der Waals surface area contributed by atoms with E-state index in [0.717, 1.165) is 35.6 Å². The molecule has 8 atom stereocenters. The first-order chi connectivity index (χ1) is 13.3. The highest BCUT2D eigenvalue weighted by atomic mass is 127. The molecule has 166 valence electrons. The Kier molecular flexibility index (Phi) is 6.01. The number of nitrogens with zero attached hydrogens (tertiary/aromatic N) is 1. The summed E-state index contributed by atoms with van der Waals surface area (Å²) in [5.41, 5.74) is 1.97. The largest absolute Gasteiger partial charge is 1.00 e. The van der Waals surface area contributed by atoms with Gasteiger partial charge in [-0.1, -0.05) is 25.5 Å². The highest BCUT2D eigenvalue weighted by Gasteiger charge is 2.64. The Morgan fingerprint density at radius 1 is 1.00 bits per heavy atom. The Balaban J connectivity index is 0.00000205. The third kappa shape index (κ3) is 3.29. The molecule has 0 spiro atoms. The summed E-state index contributed by atoms with van der Waals surface area (Å²) in [5.74, 6) is 2.17. The fraction of sp³-hybridized carbons (Fsp3) is 0.920. The van der Waals surface area contributed by atoms with Gasteiger partial charge in [0.15, 0.2) is 0 Å². The van der Waals surface area contributed by atoms with Gasteiger partial charge in [0.05, 0.1) is 26.2 Å². The summed E-state index contributed by atoms with van der Waals surface area (Å²) < 4.78 is 1.12. The van der Waals surface area contributed by atoms with Crippen LogP contribution in [0.3, 0.4) is 0 Å². The first kappa shape index (κ1) is 22.5. The highest BCUT2D eigenvalue weighted by molar-refractivity contribution is 5.25. The molecule has 0 unspecified atom stereocenters. The average molecular weight is 516 g/mol. The molecule has 0 aromatic heterocycles. The zero-order valence-corrected chi connectivity index (χ0v) is 20.9. The van der Waals surface area contributed by atoms with Gasteiger partial charge in [-0.2, -0.15) is 0 Å². The number of piperidine rings is 1. The van der Waals surface area contributed by atoms with Crippen LogP contribution in [0, 0.1) is 28.6 Å². The molecule has 1 heterocycles. The van der Waals surface area contributed by atoms with E-state index in [2.05, 4.69) is 27.0 Å². The number of halogens is 1. The van der Waals surface area contributed by atoms with Crippen LogP contribution in [0.25, 0.3) is 0 Å². The van der Waals surface area contributed by atoms with Crippen LogP contribution < -0.4 is 24.0 Å². The van der Waals surface area contributed by atoms with E-state index in [-0.39, 0.29) is 41.6 Å². The predicted molar refractivity (Wildman–Crippen MR) is 113 cm³/mol. The molecule has 0 radical (unpaired) electrons.